The molecular formula is C33H53F3O2. The first kappa shape index (κ1) is 30.0. The Balaban J connectivity index is 1.49. The van der Waals surface area contributed by atoms with Crippen molar-refractivity contribution in [2.45, 2.75) is 139 Å². The van der Waals surface area contributed by atoms with Gasteiger partial charge >= 0.3 is 12.1 Å². The summed E-state index contributed by atoms with van der Waals surface area (Å²) in [4.78, 5) is 12.3. The molecule has 0 N–H and O–H groups in total. The van der Waals surface area contributed by atoms with Crippen molar-refractivity contribution in [2.75, 3.05) is 0 Å². The minimum Gasteiger partial charge on any atom is -0.452 e. The summed E-state index contributed by atoms with van der Waals surface area (Å²) in [6.45, 7) is 19.3. The van der Waals surface area contributed by atoms with Gasteiger partial charge in [0.05, 0.1) is 5.41 Å². The summed E-state index contributed by atoms with van der Waals surface area (Å²) in [6, 6.07) is 0. The van der Waals surface area contributed by atoms with E-state index in [1.54, 1.807) is 26.3 Å². The average Bonchev–Trinajstić information content (AvgIpc) is 3.13. The van der Waals surface area contributed by atoms with Gasteiger partial charge in [-0.05, 0) is 130 Å². The Bertz CT molecular complexity index is 943. The summed E-state index contributed by atoms with van der Waals surface area (Å²) in [7, 11) is 0. The molecular weight excluding hydrogens is 485 g/mol. The molecule has 0 amide bonds. The van der Waals surface area contributed by atoms with E-state index in [9.17, 15) is 18.0 Å². The molecule has 0 aromatic carbocycles. The minimum atomic E-state index is -4.54. The maximum atomic E-state index is 13.8. The highest BCUT2D eigenvalue weighted by atomic mass is 19.4. The Labute approximate surface area is 229 Å². The van der Waals surface area contributed by atoms with Crippen molar-refractivity contribution < 1.29 is 22.7 Å². The van der Waals surface area contributed by atoms with Crippen molar-refractivity contribution in [1.29, 1.82) is 0 Å². The molecule has 0 saturated heterocycles. The van der Waals surface area contributed by atoms with Gasteiger partial charge in [0, 0.05) is 0 Å². The summed E-state index contributed by atoms with van der Waals surface area (Å²) < 4.78 is 46.5. The topological polar surface area (TPSA) is 26.3 Å². The summed E-state index contributed by atoms with van der Waals surface area (Å²) in [5.74, 6) is 1.12. The lowest BCUT2D eigenvalue weighted by Gasteiger charge is -2.64. The molecule has 5 heteroatoms. The molecule has 0 spiro atoms. The van der Waals surface area contributed by atoms with E-state index in [4.69, 9.17) is 4.74 Å². The quantitative estimate of drug-likeness (QED) is 0.257. The molecule has 0 aliphatic heterocycles. The third kappa shape index (κ3) is 5.11. The van der Waals surface area contributed by atoms with Crippen LogP contribution in [0.1, 0.15) is 127 Å². The maximum absolute atomic E-state index is 13.8. The number of hydrogen-bond acceptors (Lipinski definition) is 2. The van der Waals surface area contributed by atoms with Gasteiger partial charge in [-0.25, -0.2) is 0 Å². The number of fused-ring (bicyclic) bond motifs is 5. The molecule has 4 aliphatic rings. The number of rotatable bonds is 5. The van der Waals surface area contributed by atoms with Gasteiger partial charge in [-0.1, -0.05) is 53.2 Å². The standard InChI is InChI=1S/C33H53F3O2/c1-21(10-13-26(33(34,35)36)38-27(37)28(2,3)4)23-11-12-24-31(23,8)17-15-25-30(7)19-18-29(5,6)20-22(30)14-16-32(24,25)9/h14,21,23-26H,10-13,15-20H2,1-9H3/t21-,23-,24-,25-,26-,30+,31-,32+/m1/s1. The predicted octanol–water partition coefficient (Wildman–Crippen LogP) is 9.92. The molecule has 0 bridgehead atoms. The Kier molecular flexibility index (Phi) is 7.52. The van der Waals surface area contributed by atoms with Crippen molar-refractivity contribution in [2.24, 2.45) is 50.7 Å². The molecule has 0 heterocycles. The van der Waals surface area contributed by atoms with Gasteiger partial charge in [0.15, 0.2) is 6.10 Å². The largest absolute Gasteiger partial charge is 0.452 e. The zero-order chi connectivity index (χ0) is 28.5. The number of allylic oxidation sites excluding steroid dienone is 2. The molecule has 0 unspecified atom stereocenters. The van der Waals surface area contributed by atoms with Crippen LogP contribution in [-0.4, -0.2) is 18.2 Å². The zero-order valence-electron chi connectivity index (χ0n) is 25.5. The Morgan fingerprint density at radius 2 is 1.61 bits per heavy atom. The van der Waals surface area contributed by atoms with Gasteiger partial charge in [-0.2, -0.15) is 13.2 Å². The van der Waals surface area contributed by atoms with E-state index in [1.165, 1.54) is 38.5 Å². The smallest absolute Gasteiger partial charge is 0.425 e. The SMILES string of the molecule is C[C@H](CC[C@@H](OC(=O)C(C)(C)C)C(F)(F)F)[C@H]1CC[C@@H]2[C@]1(C)CC[C@H]1[C@@]2(C)CC=C2CC(C)(C)CC[C@@]21C. The molecule has 3 saturated carbocycles. The number of ether oxygens (including phenoxy) is 1. The normalized spacial score (nSPS) is 40.3. The van der Waals surface area contributed by atoms with Gasteiger partial charge in [0.2, 0.25) is 0 Å². The molecule has 0 aromatic rings. The molecule has 3 fully saturated rings. The molecule has 8 atom stereocenters. The van der Waals surface area contributed by atoms with Crippen molar-refractivity contribution in [1.82, 2.24) is 0 Å². The number of carbonyl (C=O) groups is 1. The second-order valence-electron chi connectivity index (χ2n) is 16.3. The molecule has 4 aliphatic carbocycles. The van der Waals surface area contributed by atoms with Gasteiger partial charge in [0.1, 0.15) is 0 Å². The lowest BCUT2D eigenvalue weighted by Crippen LogP contribution is -2.56. The first-order valence-corrected chi connectivity index (χ1v) is 15.2. The number of alkyl halides is 3. The molecule has 2 nitrogen and oxygen atoms in total. The van der Waals surface area contributed by atoms with Crippen LogP contribution >= 0.6 is 0 Å². The fourth-order valence-corrected chi connectivity index (χ4v) is 9.82. The number of hydrogen-bond donors (Lipinski definition) is 0. The zero-order valence-corrected chi connectivity index (χ0v) is 25.5. The van der Waals surface area contributed by atoms with E-state index in [-0.39, 0.29) is 23.2 Å². The lowest BCUT2D eigenvalue weighted by atomic mass is 9.40. The highest BCUT2D eigenvalue weighted by molar-refractivity contribution is 5.75. The van der Waals surface area contributed by atoms with Crippen molar-refractivity contribution in [3.63, 3.8) is 0 Å². The first-order chi connectivity index (χ1) is 17.2. The van der Waals surface area contributed by atoms with E-state index in [0.717, 1.165) is 12.8 Å². The Morgan fingerprint density at radius 1 is 0.947 bits per heavy atom. The lowest BCUT2D eigenvalue weighted by molar-refractivity contribution is -0.227. The average molecular weight is 539 g/mol. The van der Waals surface area contributed by atoms with Crippen molar-refractivity contribution >= 4 is 5.97 Å². The minimum absolute atomic E-state index is 0.149. The molecule has 38 heavy (non-hydrogen) atoms. The Hall–Kier alpha value is -1.00. The second-order valence-corrected chi connectivity index (χ2v) is 16.3. The third-order valence-electron chi connectivity index (χ3n) is 12.1. The summed E-state index contributed by atoms with van der Waals surface area (Å²) in [5.41, 5.74) is 1.86. The number of halogens is 3. The molecule has 0 aromatic heterocycles. The van der Waals surface area contributed by atoms with Crippen LogP contribution in [-0.2, 0) is 9.53 Å². The van der Waals surface area contributed by atoms with Gasteiger partial charge in [-0.3, -0.25) is 4.79 Å². The molecule has 4 rings (SSSR count). The highest BCUT2D eigenvalue weighted by Crippen LogP contribution is 2.72. The van der Waals surface area contributed by atoms with Gasteiger partial charge in [0.25, 0.3) is 0 Å². The van der Waals surface area contributed by atoms with E-state index >= 15 is 0 Å². The Morgan fingerprint density at radius 3 is 2.21 bits per heavy atom. The van der Waals surface area contributed by atoms with E-state index in [0.29, 0.717) is 35.0 Å². The summed E-state index contributed by atoms with van der Waals surface area (Å²) in [6.07, 6.45) is 5.97. The van der Waals surface area contributed by atoms with Crippen molar-refractivity contribution in [3.8, 4) is 0 Å². The molecule has 218 valence electrons. The van der Waals surface area contributed by atoms with Gasteiger partial charge in [-0.15, -0.1) is 0 Å². The van der Waals surface area contributed by atoms with Crippen LogP contribution in [0.4, 0.5) is 13.2 Å². The third-order valence-corrected chi connectivity index (χ3v) is 12.1. The second kappa shape index (κ2) is 9.54. The van der Waals surface area contributed by atoms with Crippen LogP contribution in [0.5, 0.6) is 0 Å². The molecule has 0 radical (unpaired) electrons. The van der Waals surface area contributed by atoms with E-state index < -0.39 is 23.7 Å². The van der Waals surface area contributed by atoms with Gasteiger partial charge < -0.3 is 4.74 Å². The predicted molar refractivity (Wildman–Crippen MR) is 147 cm³/mol. The maximum Gasteiger partial charge on any atom is 0.425 e. The van der Waals surface area contributed by atoms with Crippen molar-refractivity contribution in [3.05, 3.63) is 11.6 Å². The summed E-state index contributed by atoms with van der Waals surface area (Å²) >= 11 is 0. The fourth-order valence-electron chi connectivity index (χ4n) is 9.82. The van der Waals surface area contributed by atoms with Crippen LogP contribution in [0.25, 0.3) is 0 Å². The highest BCUT2D eigenvalue weighted by Gasteiger charge is 2.64. The van der Waals surface area contributed by atoms with Crippen LogP contribution in [0.2, 0.25) is 0 Å². The monoisotopic (exact) mass is 538 g/mol. The summed E-state index contributed by atoms with van der Waals surface area (Å²) in [5, 5.41) is 0. The van der Waals surface area contributed by atoms with E-state index in [1.807, 2.05) is 0 Å². The van der Waals surface area contributed by atoms with Crippen LogP contribution in [0.3, 0.4) is 0 Å². The van der Waals surface area contributed by atoms with E-state index in [2.05, 4.69) is 47.6 Å². The fraction of sp³-hybridized carbons (Fsp3) is 0.909. The number of esters is 1. The van der Waals surface area contributed by atoms with Crippen LogP contribution in [0.15, 0.2) is 11.6 Å². The van der Waals surface area contributed by atoms with Crippen LogP contribution < -0.4 is 0 Å². The van der Waals surface area contributed by atoms with Crippen LogP contribution in [0, 0.1) is 50.7 Å². The first-order valence-electron chi connectivity index (χ1n) is 15.2. The number of carbonyl (C=O) groups excluding carboxylic acids is 1.